The molecular weight excluding hydrogens is 511 g/mol. The van der Waals surface area contributed by atoms with Gasteiger partial charge >= 0.3 is 6.09 Å². The van der Waals surface area contributed by atoms with Gasteiger partial charge in [-0.2, -0.15) is 5.10 Å². The molecule has 1 aromatic heterocycles. The van der Waals surface area contributed by atoms with E-state index in [0.29, 0.717) is 16.6 Å². The molecular formula is C28H26Cl2N4O3. The van der Waals surface area contributed by atoms with Gasteiger partial charge < -0.3 is 14.6 Å². The Hall–Kier alpha value is -3.81. The summed E-state index contributed by atoms with van der Waals surface area (Å²) in [6.45, 7) is 2.51. The van der Waals surface area contributed by atoms with Crippen LogP contribution in [0.15, 0.2) is 84.1 Å². The first-order valence-corrected chi connectivity index (χ1v) is 12.5. The van der Waals surface area contributed by atoms with Crippen LogP contribution >= 0.6 is 23.2 Å². The van der Waals surface area contributed by atoms with Crippen LogP contribution in [-0.2, 0) is 16.1 Å². The highest BCUT2D eigenvalue weighted by Gasteiger charge is 2.19. The molecule has 0 aliphatic rings. The Kier molecular flexibility index (Phi) is 8.82. The number of benzene rings is 3. The predicted octanol–water partition coefficient (Wildman–Crippen LogP) is 6.32. The third-order valence-electron chi connectivity index (χ3n) is 5.73. The zero-order valence-electron chi connectivity index (χ0n) is 20.2. The van der Waals surface area contributed by atoms with E-state index in [2.05, 4.69) is 20.4 Å². The van der Waals surface area contributed by atoms with E-state index < -0.39 is 12.1 Å². The standard InChI is InChI=1S/C28H26Cl2N4O3/c1-2-37-28(36)32-25(19-8-4-3-5-9-19)15-27(35)33-31-16-21-18-34(26-11-7-6-10-23(21)26)17-20-12-13-22(29)14-24(20)30/h3-14,16,18,25H,2,15,17H2,1H3,(H,32,36)(H,33,35)/b31-16-/t25-/m0/s1. The minimum atomic E-state index is -0.582. The van der Waals surface area contributed by atoms with Gasteiger partial charge in [-0.1, -0.05) is 77.8 Å². The van der Waals surface area contributed by atoms with Gasteiger partial charge in [-0.3, -0.25) is 4.79 Å². The Bertz CT molecular complexity index is 1420. The van der Waals surface area contributed by atoms with Crippen LogP contribution < -0.4 is 10.7 Å². The maximum Gasteiger partial charge on any atom is 0.407 e. The number of carbonyl (C=O) groups is 2. The normalized spacial score (nSPS) is 12.0. The number of aromatic nitrogens is 1. The van der Waals surface area contributed by atoms with Gasteiger partial charge in [-0.25, -0.2) is 10.2 Å². The van der Waals surface area contributed by atoms with E-state index in [1.54, 1.807) is 19.2 Å². The van der Waals surface area contributed by atoms with Crippen molar-refractivity contribution in [3.63, 3.8) is 0 Å². The summed E-state index contributed by atoms with van der Waals surface area (Å²) < 4.78 is 7.06. The third kappa shape index (κ3) is 6.90. The second-order valence-electron chi connectivity index (χ2n) is 8.29. The van der Waals surface area contributed by atoms with Crippen LogP contribution in [0.2, 0.25) is 10.0 Å². The van der Waals surface area contributed by atoms with E-state index in [0.717, 1.165) is 27.6 Å². The van der Waals surface area contributed by atoms with Gasteiger partial charge in [0.25, 0.3) is 0 Å². The molecule has 2 amide bonds. The van der Waals surface area contributed by atoms with Gasteiger partial charge in [-0.05, 0) is 36.2 Å². The summed E-state index contributed by atoms with van der Waals surface area (Å²) in [5.41, 5.74) is 6.14. The molecule has 0 radical (unpaired) electrons. The zero-order chi connectivity index (χ0) is 26.2. The van der Waals surface area contributed by atoms with Crippen LogP contribution in [0.25, 0.3) is 10.9 Å². The number of hydrazone groups is 1. The van der Waals surface area contributed by atoms with Crippen molar-refractivity contribution in [1.29, 1.82) is 0 Å². The lowest BCUT2D eigenvalue weighted by molar-refractivity contribution is -0.121. The fourth-order valence-electron chi connectivity index (χ4n) is 4.00. The number of fused-ring (bicyclic) bond motifs is 1. The summed E-state index contributed by atoms with van der Waals surface area (Å²) in [5, 5.41) is 9.08. The lowest BCUT2D eigenvalue weighted by Crippen LogP contribution is -2.33. The van der Waals surface area contributed by atoms with Crippen molar-refractivity contribution in [3.05, 3.63) is 106 Å². The van der Waals surface area contributed by atoms with Gasteiger partial charge in [0.05, 0.1) is 25.3 Å². The summed E-state index contributed by atoms with van der Waals surface area (Å²) in [4.78, 5) is 24.7. The second kappa shape index (κ2) is 12.4. The molecule has 0 aliphatic carbocycles. The van der Waals surface area contributed by atoms with E-state index in [9.17, 15) is 9.59 Å². The van der Waals surface area contributed by atoms with Crippen molar-refractivity contribution in [2.24, 2.45) is 5.10 Å². The van der Waals surface area contributed by atoms with Gasteiger partial charge in [0.1, 0.15) is 0 Å². The van der Waals surface area contributed by atoms with Crippen molar-refractivity contribution in [1.82, 2.24) is 15.3 Å². The number of hydrogen-bond donors (Lipinski definition) is 2. The van der Waals surface area contributed by atoms with E-state index in [-0.39, 0.29) is 18.9 Å². The van der Waals surface area contributed by atoms with E-state index >= 15 is 0 Å². The number of ether oxygens (including phenoxy) is 1. The largest absolute Gasteiger partial charge is 0.450 e. The summed E-state index contributed by atoms with van der Waals surface area (Å²) >= 11 is 12.4. The Balaban J connectivity index is 1.48. The van der Waals surface area contributed by atoms with Crippen LogP contribution in [0.4, 0.5) is 4.79 Å². The van der Waals surface area contributed by atoms with Crippen molar-refractivity contribution in [2.75, 3.05) is 6.61 Å². The van der Waals surface area contributed by atoms with Crippen LogP contribution in [-0.4, -0.2) is 29.4 Å². The molecule has 9 heteroatoms. The van der Waals surface area contributed by atoms with Crippen molar-refractivity contribution in [3.8, 4) is 0 Å². The fourth-order valence-corrected chi connectivity index (χ4v) is 4.47. The Morgan fingerprint density at radius 3 is 2.57 bits per heavy atom. The number of hydrogen-bond acceptors (Lipinski definition) is 4. The molecule has 3 aromatic carbocycles. The molecule has 37 heavy (non-hydrogen) atoms. The molecule has 1 atom stereocenters. The number of halogens is 2. The van der Waals surface area contributed by atoms with Crippen LogP contribution in [0, 0.1) is 0 Å². The third-order valence-corrected chi connectivity index (χ3v) is 6.31. The smallest absolute Gasteiger partial charge is 0.407 e. The molecule has 0 unspecified atom stereocenters. The molecule has 0 fully saturated rings. The summed E-state index contributed by atoms with van der Waals surface area (Å²) in [6.07, 6.45) is 2.98. The number of para-hydroxylation sites is 1. The summed E-state index contributed by atoms with van der Waals surface area (Å²) in [5.74, 6) is -0.349. The van der Waals surface area contributed by atoms with Gasteiger partial charge in [0.15, 0.2) is 0 Å². The minimum absolute atomic E-state index is 0.00298. The number of alkyl carbamates (subject to hydrolysis) is 1. The van der Waals surface area contributed by atoms with Gasteiger partial charge in [-0.15, -0.1) is 0 Å². The zero-order valence-corrected chi connectivity index (χ0v) is 21.7. The minimum Gasteiger partial charge on any atom is -0.450 e. The van der Waals surface area contributed by atoms with Crippen LogP contribution in [0.1, 0.15) is 36.1 Å². The molecule has 4 rings (SSSR count). The Labute approximate surface area is 225 Å². The molecule has 0 spiro atoms. The molecule has 0 bridgehead atoms. The molecule has 0 aliphatic heterocycles. The number of rotatable bonds is 9. The highest BCUT2D eigenvalue weighted by Crippen LogP contribution is 2.25. The second-order valence-corrected chi connectivity index (χ2v) is 9.13. The highest BCUT2D eigenvalue weighted by atomic mass is 35.5. The molecule has 0 saturated carbocycles. The SMILES string of the molecule is CCOC(=O)N[C@@H](CC(=O)N/N=C\c1cn(Cc2ccc(Cl)cc2Cl)c2ccccc12)c1ccccc1. The summed E-state index contributed by atoms with van der Waals surface area (Å²) in [6, 6.07) is 22.0. The van der Waals surface area contributed by atoms with Crippen molar-refractivity contribution >= 4 is 52.3 Å². The molecule has 0 saturated heterocycles. The number of amides is 2. The first-order valence-electron chi connectivity index (χ1n) is 11.8. The van der Waals surface area contributed by atoms with Crippen LogP contribution in [0.5, 0.6) is 0 Å². The number of nitrogens with one attached hydrogen (secondary N) is 2. The Morgan fingerprint density at radius 1 is 1.05 bits per heavy atom. The van der Waals surface area contributed by atoms with Gasteiger partial charge in [0.2, 0.25) is 5.91 Å². The van der Waals surface area contributed by atoms with Crippen LogP contribution in [0.3, 0.4) is 0 Å². The maximum absolute atomic E-state index is 12.7. The lowest BCUT2D eigenvalue weighted by Gasteiger charge is -2.18. The Morgan fingerprint density at radius 2 is 1.81 bits per heavy atom. The topological polar surface area (TPSA) is 84.7 Å². The lowest BCUT2D eigenvalue weighted by atomic mass is 10.0. The fraction of sp³-hybridized carbons (Fsp3) is 0.179. The molecule has 190 valence electrons. The van der Waals surface area contributed by atoms with E-state index in [4.69, 9.17) is 27.9 Å². The first kappa shape index (κ1) is 26.3. The molecule has 1 heterocycles. The maximum atomic E-state index is 12.7. The molecule has 2 N–H and O–H groups in total. The average Bonchev–Trinajstić information content (AvgIpc) is 3.23. The first-order chi connectivity index (χ1) is 17.9. The number of carbonyl (C=O) groups excluding carboxylic acids is 2. The number of nitrogens with zero attached hydrogens (tertiary/aromatic N) is 2. The molecule has 4 aromatic rings. The van der Waals surface area contributed by atoms with Crippen molar-refractivity contribution < 1.29 is 14.3 Å². The van der Waals surface area contributed by atoms with Crippen molar-refractivity contribution in [2.45, 2.75) is 25.9 Å². The summed E-state index contributed by atoms with van der Waals surface area (Å²) in [7, 11) is 0. The highest BCUT2D eigenvalue weighted by molar-refractivity contribution is 6.35. The van der Waals surface area contributed by atoms with E-state index in [1.807, 2.05) is 72.9 Å². The van der Waals surface area contributed by atoms with Gasteiger partial charge in [0, 0.05) is 39.3 Å². The quantitative estimate of drug-likeness (QED) is 0.194. The predicted molar refractivity (Wildman–Crippen MR) is 147 cm³/mol. The molecule has 7 nitrogen and oxygen atoms in total. The van der Waals surface area contributed by atoms with E-state index in [1.165, 1.54) is 0 Å². The monoisotopic (exact) mass is 536 g/mol. The average molecular weight is 537 g/mol.